The molecule has 0 fully saturated rings. The molecule has 0 aromatic heterocycles. The van der Waals surface area contributed by atoms with Crippen LogP contribution in [-0.2, 0) is 25.5 Å². The van der Waals surface area contributed by atoms with Gasteiger partial charge >= 0.3 is 5.97 Å². The molecule has 178 valence electrons. The van der Waals surface area contributed by atoms with Gasteiger partial charge < -0.3 is 15.4 Å². The zero-order valence-electron chi connectivity index (χ0n) is 19.1. The topological polar surface area (TPSA) is 84.5 Å². The lowest BCUT2D eigenvalue weighted by Crippen LogP contribution is -2.47. The Morgan fingerprint density at radius 3 is 2.38 bits per heavy atom. The molecule has 6 nitrogen and oxygen atoms in total. The maximum Gasteiger partial charge on any atom is 0.329 e. The first-order valence-corrected chi connectivity index (χ1v) is 11.6. The highest BCUT2D eigenvalue weighted by Crippen LogP contribution is 2.25. The molecule has 0 aliphatic rings. The highest BCUT2D eigenvalue weighted by molar-refractivity contribution is 6.35. The fourth-order valence-electron chi connectivity index (χ4n) is 3.47. The van der Waals surface area contributed by atoms with Gasteiger partial charge in [-0.3, -0.25) is 9.59 Å². The first-order valence-electron chi connectivity index (χ1n) is 10.9. The number of carbonyl (C=O) groups excluding carboxylic acids is 3. The maximum atomic E-state index is 12.8. The van der Waals surface area contributed by atoms with E-state index in [4.69, 9.17) is 27.9 Å². The van der Waals surface area contributed by atoms with E-state index in [-0.39, 0.29) is 18.2 Å². The van der Waals surface area contributed by atoms with Crippen molar-refractivity contribution in [2.75, 3.05) is 5.32 Å². The molecule has 8 heteroatoms. The van der Waals surface area contributed by atoms with E-state index >= 15 is 0 Å². The molecule has 2 unspecified atom stereocenters. The van der Waals surface area contributed by atoms with E-state index in [1.807, 2.05) is 42.5 Å². The van der Waals surface area contributed by atoms with Gasteiger partial charge in [-0.2, -0.15) is 0 Å². The minimum Gasteiger partial charge on any atom is -0.451 e. The van der Waals surface area contributed by atoms with Crippen molar-refractivity contribution in [2.45, 2.75) is 39.3 Å². The third kappa shape index (κ3) is 6.49. The summed E-state index contributed by atoms with van der Waals surface area (Å²) in [6.07, 6.45) is -1.000. The Hall–Kier alpha value is -3.09. The minimum absolute atomic E-state index is 0.112. The molecule has 0 heterocycles. The van der Waals surface area contributed by atoms with E-state index in [1.165, 1.54) is 13.0 Å². The van der Waals surface area contributed by atoms with E-state index in [0.29, 0.717) is 15.7 Å². The van der Waals surface area contributed by atoms with Gasteiger partial charge in [0.15, 0.2) is 6.10 Å². The number of esters is 1. The Labute approximate surface area is 208 Å². The first-order chi connectivity index (χ1) is 16.2. The molecule has 3 aromatic rings. The van der Waals surface area contributed by atoms with Crippen molar-refractivity contribution in [3.05, 3.63) is 76.3 Å². The zero-order valence-corrected chi connectivity index (χ0v) is 20.6. The van der Waals surface area contributed by atoms with Crippen LogP contribution in [0.4, 0.5) is 5.69 Å². The van der Waals surface area contributed by atoms with Gasteiger partial charge in [-0.15, -0.1) is 0 Å². The van der Waals surface area contributed by atoms with Crippen LogP contribution < -0.4 is 10.6 Å². The van der Waals surface area contributed by atoms with Gasteiger partial charge in [-0.25, -0.2) is 4.79 Å². The molecule has 0 saturated carbocycles. The molecule has 2 atom stereocenters. The fourth-order valence-corrected chi connectivity index (χ4v) is 3.81. The van der Waals surface area contributed by atoms with Crippen LogP contribution in [0.5, 0.6) is 0 Å². The molecule has 3 aromatic carbocycles. The van der Waals surface area contributed by atoms with Crippen molar-refractivity contribution in [1.82, 2.24) is 5.32 Å². The van der Waals surface area contributed by atoms with Crippen LogP contribution in [0.25, 0.3) is 10.8 Å². The molecule has 0 aliphatic carbocycles. The number of hydrogen-bond donors (Lipinski definition) is 2. The Balaban J connectivity index is 1.63. The summed E-state index contributed by atoms with van der Waals surface area (Å²) < 4.78 is 5.36. The van der Waals surface area contributed by atoms with Gasteiger partial charge in [0.25, 0.3) is 5.91 Å². The highest BCUT2D eigenvalue weighted by atomic mass is 35.5. The number of fused-ring (bicyclic) bond motifs is 1. The van der Waals surface area contributed by atoms with Crippen LogP contribution in [0.15, 0.2) is 60.7 Å². The summed E-state index contributed by atoms with van der Waals surface area (Å²) in [5, 5.41) is 8.07. The standard InChI is InChI=1S/C26H26Cl2N2O4/c1-15(2)24(30-23(31)13-18-9-6-8-17-7-4-5-10-20(17)18)26(33)34-16(3)25(32)29-22-14-19(27)11-12-21(22)28/h4-12,14-16,24H,13H2,1-3H3,(H,29,32)(H,30,31). The van der Waals surface area contributed by atoms with Crippen LogP contribution in [0.2, 0.25) is 10.0 Å². The van der Waals surface area contributed by atoms with Gasteiger partial charge in [0.05, 0.1) is 17.1 Å². The predicted octanol–water partition coefficient (Wildman–Crippen LogP) is 5.40. The fraction of sp³-hybridized carbons (Fsp3) is 0.269. The third-order valence-electron chi connectivity index (χ3n) is 5.32. The van der Waals surface area contributed by atoms with Gasteiger partial charge in [0.2, 0.25) is 5.91 Å². The lowest BCUT2D eigenvalue weighted by atomic mass is 10.0. The highest BCUT2D eigenvalue weighted by Gasteiger charge is 2.29. The molecule has 3 rings (SSSR count). The van der Waals surface area contributed by atoms with Gasteiger partial charge in [0, 0.05) is 5.02 Å². The Kier molecular flexibility index (Phi) is 8.53. The molecule has 0 bridgehead atoms. The quantitative estimate of drug-likeness (QED) is 0.405. The number of anilines is 1. The van der Waals surface area contributed by atoms with Crippen LogP contribution in [0.3, 0.4) is 0 Å². The van der Waals surface area contributed by atoms with Crippen molar-refractivity contribution < 1.29 is 19.1 Å². The van der Waals surface area contributed by atoms with Crippen LogP contribution in [0, 0.1) is 5.92 Å². The summed E-state index contributed by atoms with van der Waals surface area (Å²) in [5.74, 6) is -1.82. The van der Waals surface area contributed by atoms with E-state index in [9.17, 15) is 14.4 Å². The zero-order chi connectivity index (χ0) is 24.8. The second kappa shape index (κ2) is 11.4. The maximum absolute atomic E-state index is 12.8. The monoisotopic (exact) mass is 500 g/mol. The number of amides is 2. The summed E-state index contributed by atoms with van der Waals surface area (Å²) in [6.45, 7) is 5.03. The molecule has 0 radical (unpaired) electrons. The Morgan fingerprint density at radius 2 is 1.65 bits per heavy atom. The molecular formula is C26H26Cl2N2O4. The van der Waals surface area contributed by atoms with Crippen molar-refractivity contribution in [2.24, 2.45) is 5.92 Å². The summed E-state index contributed by atoms with van der Waals surface area (Å²) >= 11 is 12.0. The molecular weight excluding hydrogens is 475 g/mol. The Morgan fingerprint density at radius 1 is 0.941 bits per heavy atom. The summed E-state index contributed by atoms with van der Waals surface area (Å²) in [7, 11) is 0. The molecule has 0 aliphatic heterocycles. The smallest absolute Gasteiger partial charge is 0.329 e. The normalized spacial score (nSPS) is 12.8. The number of benzene rings is 3. The molecule has 34 heavy (non-hydrogen) atoms. The molecule has 0 saturated heterocycles. The van der Waals surface area contributed by atoms with Crippen molar-refractivity contribution in [3.8, 4) is 0 Å². The van der Waals surface area contributed by atoms with E-state index in [2.05, 4.69) is 10.6 Å². The summed E-state index contributed by atoms with van der Waals surface area (Å²) in [6, 6.07) is 17.3. The lowest BCUT2D eigenvalue weighted by molar-refractivity contribution is -0.157. The van der Waals surface area contributed by atoms with Crippen LogP contribution >= 0.6 is 23.2 Å². The largest absolute Gasteiger partial charge is 0.451 e. The predicted molar refractivity (Wildman–Crippen MR) is 135 cm³/mol. The van der Waals surface area contributed by atoms with Crippen LogP contribution in [-0.4, -0.2) is 29.9 Å². The third-order valence-corrected chi connectivity index (χ3v) is 5.88. The number of hydrogen-bond acceptors (Lipinski definition) is 4. The van der Waals surface area contributed by atoms with E-state index in [0.717, 1.165) is 16.3 Å². The summed E-state index contributed by atoms with van der Waals surface area (Å²) in [5.41, 5.74) is 1.17. The van der Waals surface area contributed by atoms with Crippen molar-refractivity contribution >= 4 is 57.4 Å². The lowest BCUT2D eigenvalue weighted by Gasteiger charge is -2.23. The van der Waals surface area contributed by atoms with Crippen molar-refractivity contribution in [1.29, 1.82) is 0 Å². The van der Waals surface area contributed by atoms with E-state index in [1.54, 1.807) is 26.0 Å². The number of ether oxygens (including phenoxy) is 1. The number of halogens is 2. The van der Waals surface area contributed by atoms with Gasteiger partial charge in [-0.1, -0.05) is 79.5 Å². The van der Waals surface area contributed by atoms with Gasteiger partial charge in [-0.05, 0) is 47.4 Å². The number of carbonyl (C=O) groups is 3. The molecule has 2 amide bonds. The minimum atomic E-state index is -1.11. The van der Waals surface area contributed by atoms with Crippen molar-refractivity contribution in [3.63, 3.8) is 0 Å². The number of nitrogens with one attached hydrogen (secondary N) is 2. The average Bonchev–Trinajstić information content (AvgIpc) is 2.79. The SMILES string of the molecule is CC(OC(=O)C(NC(=O)Cc1cccc2ccccc12)C(C)C)C(=O)Nc1cc(Cl)ccc1Cl. The summed E-state index contributed by atoms with van der Waals surface area (Å²) in [4.78, 5) is 38.1. The Bertz CT molecular complexity index is 1210. The molecule has 2 N–H and O–H groups in total. The van der Waals surface area contributed by atoms with Crippen LogP contribution in [0.1, 0.15) is 26.3 Å². The second-order valence-electron chi connectivity index (χ2n) is 8.30. The second-order valence-corrected chi connectivity index (χ2v) is 9.14. The van der Waals surface area contributed by atoms with E-state index < -0.39 is 24.0 Å². The molecule has 0 spiro atoms. The van der Waals surface area contributed by atoms with Gasteiger partial charge in [0.1, 0.15) is 6.04 Å². The first kappa shape index (κ1) is 25.5. The average molecular weight is 501 g/mol. The number of rotatable bonds is 8.